The quantitative estimate of drug-likeness (QED) is 0.367. The average molecular weight is 400 g/mol. The lowest BCUT2D eigenvalue weighted by molar-refractivity contribution is -0.384. The van der Waals surface area contributed by atoms with Gasteiger partial charge in [-0.1, -0.05) is 35.1 Å². The highest BCUT2D eigenvalue weighted by Gasteiger charge is 2.16. The molecule has 0 bridgehead atoms. The fourth-order valence-corrected chi connectivity index (χ4v) is 3.58. The summed E-state index contributed by atoms with van der Waals surface area (Å²) in [6.07, 6.45) is 0. The van der Waals surface area contributed by atoms with E-state index in [-0.39, 0.29) is 11.4 Å². The number of nitrogens with zero attached hydrogens (tertiary/aromatic N) is 2. The number of fused-ring (bicyclic) bond motifs is 1. The highest BCUT2D eigenvalue weighted by molar-refractivity contribution is 7.22. The summed E-state index contributed by atoms with van der Waals surface area (Å²) >= 11 is 7.12. The summed E-state index contributed by atoms with van der Waals surface area (Å²) in [4.78, 5) is 27.0. The van der Waals surface area contributed by atoms with Gasteiger partial charge in [0.2, 0.25) is 0 Å². The highest BCUT2D eigenvalue weighted by atomic mass is 35.5. The van der Waals surface area contributed by atoms with E-state index < -0.39 is 10.8 Å². The van der Waals surface area contributed by atoms with Crippen LogP contribution in [0.4, 0.5) is 10.8 Å². The number of rotatable bonds is 4. The summed E-state index contributed by atoms with van der Waals surface area (Å²) in [5.41, 5.74) is 1.30. The van der Waals surface area contributed by atoms with Gasteiger partial charge in [-0.15, -0.1) is 0 Å². The van der Waals surface area contributed by atoms with Crippen molar-refractivity contribution in [2.75, 3.05) is 5.32 Å². The molecular formula is C18H10ClN3O4S. The van der Waals surface area contributed by atoms with Gasteiger partial charge in [-0.3, -0.25) is 20.2 Å². The second-order valence-electron chi connectivity index (χ2n) is 5.56. The van der Waals surface area contributed by atoms with Gasteiger partial charge in [-0.05, 0) is 30.3 Å². The number of carbonyl (C=O) groups excluding carboxylic acids is 1. The van der Waals surface area contributed by atoms with Crippen molar-refractivity contribution in [3.05, 3.63) is 75.5 Å². The Morgan fingerprint density at radius 1 is 1.19 bits per heavy atom. The Bertz CT molecular complexity index is 1180. The number of hydrogen-bond donors (Lipinski definition) is 1. The first-order valence-electron chi connectivity index (χ1n) is 7.72. The third-order valence-corrected chi connectivity index (χ3v) is 4.91. The number of thiazole rings is 1. The van der Waals surface area contributed by atoms with Crippen molar-refractivity contribution in [2.24, 2.45) is 0 Å². The van der Waals surface area contributed by atoms with Crippen LogP contribution in [0.15, 0.2) is 59.0 Å². The molecule has 2 aromatic heterocycles. The minimum Gasteiger partial charge on any atom is -0.451 e. The minimum atomic E-state index is -0.475. The summed E-state index contributed by atoms with van der Waals surface area (Å²) in [6.45, 7) is 0. The van der Waals surface area contributed by atoms with Gasteiger partial charge in [0, 0.05) is 22.7 Å². The number of nitrogens with one attached hydrogen (secondary N) is 1. The van der Waals surface area contributed by atoms with Crippen molar-refractivity contribution >= 4 is 49.9 Å². The molecule has 1 N–H and O–H groups in total. The smallest absolute Gasteiger partial charge is 0.293 e. The molecule has 0 aliphatic rings. The van der Waals surface area contributed by atoms with Gasteiger partial charge in [0.15, 0.2) is 10.9 Å². The summed E-state index contributed by atoms with van der Waals surface area (Å²) in [5, 5.41) is 14.4. The summed E-state index contributed by atoms with van der Waals surface area (Å²) in [6, 6.07) is 14.7. The van der Waals surface area contributed by atoms with E-state index in [1.807, 2.05) is 6.07 Å². The Morgan fingerprint density at radius 2 is 2.04 bits per heavy atom. The molecule has 27 heavy (non-hydrogen) atoms. The topological polar surface area (TPSA) is 98.3 Å². The number of non-ortho nitro benzene ring substituents is 1. The number of aromatic nitrogens is 1. The molecular weight excluding hydrogens is 390 g/mol. The Morgan fingerprint density at radius 3 is 2.81 bits per heavy atom. The molecule has 1 amide bonds. The minimum absolute atomic E-state index is 0.0266. The number of hydrogen-bond acceptors (Lipinski definition) is 6. The van der Waals surface area contributed by atoms with Gasteiger partial charge >= 0.3 is 0 Å². The molecule has 134 valence electrons. The monoisotopic (exact) mass is 399 g/mol. The average Bonchev–Trinajstić information content (AvgIpc) is 3.27. The Kier molecular flexibility index (Phi) is 4.35. The van der Waals surface area contributed by atoms with Crippen molar-refractivity contribution in [2.45, 2.75) is 0 Å². The van der Waals surface area contributed by atoms with E-state index in [1.54, 1.807) is 36.4 Å². The van der Waals surface area contributed by atoms with Gasteiger partial charge in [0.25, 0.3) is 11.6 Å². The Hall–Kier alpha value is -3.23. The molecule has 0 unspecified atom stereocenters. The fraction of sp³-hybridized carbons (Fsp3) is 0. The molecule has 4 rings (SSSR count). The molecule has 0 fully saturated rings. The van der Waals surface area contributed by atoms with E-state index in [0.29, 0.717) is 26.1 Å². The first kappa shape index (κ1) is 17.2. The van der Waals surface area contributed by atoms with Crippen molar-refractivity contribution in [3.63, 3.8) is 0 Å². The predicted octanol–water partition coefficient (Wildman–Crippen LogP) is 5.37. The van der Waals surface area contributed by atoms with Crippen molar-refractivity contribution < 1.29 is 14.1 Å². The van der Waals surface area contributed by atoms with E-state index >= 15 is 0 Å². The molecule has 2 heterocycles. The van der Waals surface area contributed by atoms with E-state index in [0.717, 1.165) is 16.9 Å². The fourth-order valence-electron chi connectivity index (χ4n) is 2.50. The van der Waals surface area contributed by atoms with Crippen LogP contribution in [0.25, 0.3) is 21.5 Å². The van der Waals surface area contributed by atoms with Crippen molar-refractivity contribution in [1.82, 2.24) is 4.98 Å². The van der Waals surface area contributed by atoms with Gasteiger partial charge in [-0.2, -0.15) is 0 Å². The number of anilines is 1. The molecule has 0 spiro atoms. The van der Waals surface area contributed by atoms with Crippen LogP contribution >= 0.6 is 22.9 Å². The van der Waals surface area contributed by atoms with E-state index in [1.165, 1.54) is 12.1 Å². The van der Waals surface area contributed by atoms with Crippen LogP contribution < -0.4 is 5.32 Å². The lowest BCUT2D eigenvalue weighted by Gasteiger charge is -1.99. The molecule has 4 aromatic rings. The maximum Gasteiger partial charge on any atom is 0.293 e. The standard InChI is InChI=1S/C18H10ClN3O4S/c19-11-3-1-2-10(8-11)14-6-7-15(26-14)17(23)21-18-20-13-5-4-12(22(24)25)9-16(13)27-18/h1-9H,(H,20,21,23). The van der Waals surface area contributed by atoms with Gasteiger partial charge in [-0.25, -0.2) is 4.98 Å². The lowest BCUT2D eigenvalue weighted by atomic mass is 10.2. The number of amides is 1. The van der Waals surface area contributed by atoms with Crippen molar-refractivity contribution in [3.8, 4) is 11.3 Å². The molecule has 0 saturated heterocycles. The van der Waals surface area contributed by atoms with Crippen LogP contribution in [-0.2, 0) is 0 Å². The number of halogens is 1. The molecule has 0 aliphatic carbocycles. The van der Waals surface area contributed by atoms with Crippen LogP contribution in [-0.4, -0.2) is 15.8 Å². The Balaban J connectivity index is 1.56. The third kappa shape index (κ3) is 3.53. The highest BCUT2D eigenvalue weighted by Crippen LogP contribution is 2.30. The van der Waals surface area contributed by atoms with Crippen LogP contribution in [0, 0.1) is 10.1 Å². The number of nitro groups is 1. The van der Waals surface area contributed by atoms with Gasteiger partial charge in [0.1, 0.15) is 5.76 Å². The number of benzene rings is 2. The molecule has 0 saturated carbocycles. The molecule has 2 aromatic carbocycles. The number of furan rings is 1. The van der Waals surface area contributed by atoms with E-state index in [4.69, 9.17) is 16.0 Å². The third-order valence-electron chi connectivity index (χ3n) is 3.74. The predicted molar refractivity (Wildman–Crippen MR) is 103 cm³/mol. The first-order chi connectivity index (χ1) is 13.0. The molecule has 0 radical (unpaired) electrons. The maximum atomic E-state index is 12.4. The zero-order chi connectivity index (χ0) is 19.0. The summed E-state index contributed by atoms with van der Waals surface area (Å²) in [7, 11) is 0. The maximum absolute atomic E-state index is 12.4. The van der Waals surface area contributed by atoms with Crippen molar-refractivity contribution in [1.29, 1.82) is 0 Å². The zero-order valence-corrected chi connectivity index (χ0v) is 15.1. The first-order valence-corrected chi connectivity index (χ1v) is 8.91. The Labute approximate surface area is 161 Å². The summed E-state index contributed by atoms with van der Waals surface area (Å²) in [5.74, 6) is 0.176. The number of carbonyl (C=O) groups is 1. The van der Waals surface area contributed by atoms with Gasteiger partial charge in [0.05, 0.1) is 15.1 Å². The van der Waals surface area contributed by atoms with E-state index in [2.05, 4.69) is 10.3 Å². The second kappa shape index (κ2) is 6.82. The molecule has 9 heteroatoms. The lowest BCUT2D eigenvalue weighted by Crippen LogP contribution is -2.10. The summed E-state index contributed by atoms with van der Waals surface area (Å²) < 4.78 is 6.21. The SMILES string of the molecule is O=C(Nc1nc2ccc([N+](=O)[O-])cc2s1)c1ccc(-c2cccc(Cl)c2)o1. The number of nitro benzene ring substituents is 1. The molecule has 0 atom stereocenters. The molecule has 0 aliphatic heterocycles. The normalized spacial score (nSPS) is 10.9. The molecule has 7 nitrogen and oxygen atoms in total. The van der Waals surface area contributed by atoms with E-state index in [9.17, 15) is 14.9 Å². The van der Waals surface area contributed by atoms with Crippen LogP contribution in [0.1, 0.15) is 10.6 Å². The second-order valence-corrected chi connectivity index (χ2v) is 7.02. The zero-order valence-electron chi connectivity index (χ0n) is 13.5. The largest absolute Gasteiger partial charge is 0.451 e. The van der Waals surface area contributed by atoms with Crippen LogP contribution in [0.2, 0.25) is 5.02 Å². The van der Waals surface area contributed by atoms with Gasteiger partial charge < -0.3 is 4.42 Å². The van der Waals surface area contributed by atoms with Crippen LogP contribution in [0.5, 0.6) is 0 Å². The van der Waals surface area contributed by atoms with Crippen LogP contribution in [0.3, 0.4) is 0 Å².